The molecule has 0 bridgehead atoms. The molecule has 2 unspecified atom stereocenters. The minimum atomic E-state index is 0.268. The fraction of sp³-hybridized carbons (Fsp3) is 0.400. The van der Waals surface area contributed by atoms with Crippen molar-refractivity contribution in [1.29, 1.82) is 0 Å². The maximum atomic E-state index is 5.89. The van der Waals surface area contributed by atoms with Gasteiger partial charge in [0.05, 0.1) is 0 Å². The standard InChI is InChI=1S/C10H12BrNS/c1-6(12)10-5-7-8(11)3-2-4-9(7)13-10/h2-4,6,10H,5,12H2,1H3. The molecule has 0 saturated carbocycles. The molecule has 2 atom stereocenters. The first-order chi connectivity index (χ1) is 6.18. The minimum Gasteiger partial charge on any atom is -0.327 e. The van der Waals surface area contributed by atoms with Gasteiger partial charge >= 0.3 is 0 Å². The van der Waals surface area contributed by atoms with Gasteiger partial charge in [0.2, 0.25) is 0 Å². The van der Waals surface area contributed by atoms with Crippen molar-refractivity contribution in [2.24, 2.45) is 5.73 Å². The molecule has 1 aromatic carbocycles. The maximum absolute atomic E-state index is 5.89. The summed E-state index contributed by atoms with van der Waals surface area (Å²) in [5, 5.41) is 0.550. The van der Waals surface area contributed by atoms with Crippen LogP contribution < -0.4 is 5.73 Å². The normalized spacial score (nSPS) is 22.8. The highest BCUT2D eigenvalue weighted by Crippen LogP contribution is 2.41. The molecule has 0 amide bonds. The highest BCUT2D eigenvalue weighted by molar-refractivity contribution is 9.10. The number of rotatable bonds is 1. The second kappa shape index (κ2) is 3.64. The van der Waals surface area contributed by atoms with Crippen LogP contribution in [0.25, 0.3) is 0 Å². The van der Waals surface area contributed by atoms with Crippen LogP contribution in [0.2, 0.25) is 0 Å². The Hall–Kier alpha value is 0.01000. The van der Waals surface area contributed by atoms with Gasteiger partial charge in [-0.3, -0.25) is 0 Å². The van der Waals surface area contributed by atoms with Crippen molar-refractivity contribution in [1.82, 2.24) is 0 Å². The largest absolute Gasteiger partial charge is 0.327 e. The third-order valence-corrected chi connectivity index (χ3v) is 4.62. The molecule has 0 saturated heterocycles. The van der Waals surface area contributed by atoms with Crippen LogP contribution >= 0.6 is 27.7 Å². The zero-order valence-corrected chi connectivity index (χ0v) is 9.86. The van der Waals surface area contributed by atoms with E-state index in [1.807, 2.05) is 11.8 Å². The summed E-state index contributed by atoms with van der Waals surface area (Å²) in [6.45, 7) is 2.08. The molecule has 3 heteroatoms. The lowest BCUT2D eigenvalue weighted by atomic mass is 10.1. The molecule has 0 aliphatic carbocycles. The number of hydrogen-bond donors (Lipinski definition) is 1. The van der Waals surface area contributed by atoms with Gasteiger partial charge in [-0.2, -0.15) is 0 Å². The third kappa shape index (κ3) is 1.78. The fourth-order valence-electron chi connectivity index (χ4n) is 1.55. The number of thioether (sulfide) groups is 1. The highest BCUT2D eigenvalue weighted by Gasteiger charge is 2.26. The lowest BCUT2D eigenvalue weighted by molar-refractivity contribution is 0.691. The SMILES string of the molecule is CC(N)C1Cc2c(Br)cccc2S1. The monoisotopic (exact) mass is 257 g/mol. The van der Waals surface area contributed by atoms with E-state index in [2.05, 4.69) is 41.1 Å². The second-order valence-electron chi connectivity index (χ2n) is 3.44. The average Bonchev–Trinajstić information content (AvgIpc) is 2.49. The van der Waals surface area contributed by atoms with Crippen molar-refractivity contribution in [3.63, 3.8) is 0 Å². The Morgan fingerprint density at radius 3 is 3.00 bits per heavy atom. The van der Waals surface area contributed by atoms with Crippen LogP contribution in [0.15, 0.2) is 27.6 Å². The maximum Gasteiger partial charge on any atom is 0.0284 e. The molecule has 1 aliphatic heterocycles. The van der Waals surface area contributed by atoms with Crippen molar-refractivity contribution in [2.45, 2.75) is 29.5 Å². The molecule has 2 rings (SSSR count). The van der Waals surface area contributed by atoms with Gasteiger partial charge in [-0.1, -0.05) is 22.0 Å². The summed E-state index contributed by atoms with van der Waals surface area (Å²) in [4.78, 5) is 1.39. The van der Waals surface area contributed by atoms with Crippen LogP contribution in [-0.2, 0) is 6.42 Å². The number of benzene rings is 1. The third-order valence-electron chi connectivity index (χ3n) is 2.35. The zero-order chi connectivity index (χ0) is 9.42. The van der Waals surface area contributed by atoms with Crippen molar-refractivity contribution in [3.8, 4) is 0 Å². The summed E-state index contributed by atoms with van der Waals surface area (Å²) in [6, 6.07) is 6.62. The average molecular weight is 258 g/mol. The first-order valence-electron chi connectivity index (χ1n) is 4.38. The molecule has 1 aliphatic rings. The summed E-state index contributed by atoms with van der Waals surface area (Å²) in [7, 11) is 0. The van der Waals surface area contributed by atoms with Crippen LogP contribution in [-0.4, -0.2) is 11.3 Å². The molecule has 0 radical (unpaired) electrons. The molecular weight excluding hydrogens is 246 g/mol. The topological polar surface area (TPSA) is 26.0 Å². The van der Waals surface area contributed by atoms with E-state index in [0.29, 0.717) is 5.25 Å². The van der Waals surface area contributed by atoms with Crippen molar-refractivity contribution in [2.75, 3.05) is 0 Å². The van der Waals surface area contributed by atoms with Gasteiger partial charge < -0.3 is 5.73 Å². The van der Waals surface area contributed by atoms with Gasteiger partial charge in [0.1, 0.15) is 0 Å². The van der Waals surface area contributed by atoms with Gasteiger partial charge in [-0.05, 0) is 31.0 Å². The van der Waals surface area contributed by atoms with Gasteiger partial charge in [0.15, 0.2) is 0 Å². The molecule has 0 spiro atoms. The predicted molar refractivity (Wildman–Crippen MR) is 61.1 cm³/mol. The Bertz CT molecular complexity index is 325. The highest BCUT2D eigenvalue weighted by atomic mass is 79.9. The molecule has 0 aromatic heterocycles. The summed E-state index contributed by atoms with van der Waals surface area (Å²) < 4.78 is 1.22. The van der Waals surface area contributed by atoms with E-state index in [-0.39, 0.29) is 6.04 Å². The molecule has 1 heterocycles. The van der Waals surface area contributed by atoms with Gasteiger partial charge in [-0.25, -0.2) is 0 Å². The van der Waals surface area contributed by atoms with E-state index in [4.69, 9.17) is 5.73 Å². The molecule has 2 N–H and O–H groups in total. The van der Waals surface area contributed by atoms with Crippen LogP contribution in [0, 0.1) is 0 Å². The summed E-state index contributed by atoms with van der Waals surface area (Å²) in [5.41, 5.74) is 7.32. The predicted octanol–water partition coefficient (Wildman–Crippen LogP) is 2.81. The van der Waals surface area contributed by atoms with E-state index < -0.39 is 0 Å². The Balaban J connectivity index is 2.30. The number of hydrogen-bond acceptors (Lipinski definition) is 2. The Morgan fingerprint density at radius 1 is 1.62 bits per heavy atom. The van der Waals surface area contributed by atoms with Crippen LogP contribution in [0.5, 0.6) is 0 Å². The first kappa shape index (κ1) is 9.56. The lowest BCUT2D eigenvalue weighted by Crippen LogP contribution is -2.28. The smallest absolute Gasteiger partial charge is 0.0284 e. The molecule has 70 valence electrons. The van der Waals surface area contributed by atoms with E-state index in [1.54, 1.807) is 0 Å². The van der Waals surface area contributed by atoms with E-state index in [1.165, 1.54) is 14.9 Å². The van der Waals surface area contributed by atoms with Crippen LogP contribution in [0.4, 0.5) is 0 Å². The zero-order valence-electron chi connectivity index (χ0n) is 7.46. The fourth-order valence-corrected chi connectivity index (χ4v) is 3.49. The van der Waals surface area contributed by atoms with Crippen LogP contribution in [0.1, 0.15) is 12.5 Å². The van der Waals surface area contributed by atoms with Crippen molar-refractivity contribution >= 4 is 27.7 Å². The summed E-state index contributed by atoms with van der Waals surface area (Å²) in [5.74, 6) is 0. The summed E-state index contributed by atoms with van der Waals surface area (Å²) in [6.07, 6.45) is 1.10. The van der Waals surface area contributed by atoms with Crippen molar-refractivity contribution < 1.29 is 0 Å². The van der Waals surface area contributed by atoms with Crippen molar-refractivity contribution in [3.05, 3.63) is 28.2 Å². The van der Waals surface area contributed by atoms with Gasteiger partial charge in [0, 0.05) is 20.7 Å². The summed E-state index contributed by atoms with van der Waals surface area (Å²) >= 11 is 5.47. The van der Waals surface area contributed by atoms with Crippen LogP contribution in [0.3, 0.4) is 0 Å². The second-order valence-corrected chi connectivity index (χ2v) is 5.57. The lowest BCUT2D eigenvalue weighted by Gasteiger charge is -2.11. The Labute approximate surface area is 91.2 Å². The Kier molecular flexibility index (Phi) is 2.67. The molecular formula is C10H12BrNS. The quantitative estimate of drug-likeness (QED) is 0.838. The first-order valence-corrected chi connectivity index (χ1v) is 6.05. The molecule has 1 nitrogen and oxygen atoms in total. The number of halogens is 1. The molecule has 13 heavy (non-hydrogen) atoms. The molecule has 0 fully saturated rings. The minimum absolute atomic E-state index is 0.268. The van der Waals surface area contributed by atoms with E-state index >= 15 is 0 Å². The van der Waals surface area contributed by atoms with E-state index in [9.17, 15) is 0 Å². The van der Waals surface area contributed by atoms with Gasteiger partial charge in [0.25, 0.3) is 0 Å². The number of fused-ring (bicyclic) bond motifs is 1. The van der Waals surface area contributed by atoms with E-state index in [0.717, 1.165) is 6.42 Å². The number of nitrogens with two attached hydrogens (primary N) is 1. The van der Waals surface area contributed by atoms with Gasteiger partial charge in [-0.15, -0.1) is 11.8 Å². The Morgan fingerprint density at radius 2 is 2.38 bits per heavy atom. The molecule has 1 aromatic rings.